The molecule has 0 aliphatic carbocycles. The number of nitrogens with two attached hydrogens (primary N) is 1. The number of pyridine rings is 1. The van der Waals surface area contributed by atoms with E-state index in [2.05, 4.69) is 31.5 Å². The summed E-state index contributed by atoms with van der Waals surface area (Å²) in [6.07, 6.45) is 0.907. The normalized spacial score (nSPS) is 11.4. The molecule has 0 saturated carbocycles. The van der Waals surface area contributed by atoms with E-state index < -0.39 is 9.84 Å². The molecule has 23 heavy (non-hydrogen) atoms. The molecule has 4 N–H and O–H groups in total. The van der Waals surface area contributed by atoms with Crippen LogP contribution in [0.1, 0.15) is 6.42 Å². The maximum atomic E-state index is 12.7. The largest absolute Gasteiger partial charge is 0.399 e. The molecule has 0 fully saturated rings. The summed E-state index contributed by atoms with van der Waals surface area (Å²) in [6.45, 7) is 1.57. The van der Waals surface area contributed by atoms with Crippen molar-refractivity contribution in [3.05, 3.63) is 41.0 Å². The second-order valence-corrected chi connectivity index (χ2v) is 7.73. The lowest BCUT2D eigenvalue weighted by Crippen LogP contribution is -2.13. The Bertz CT molecular complexity index is 764. The number of nitrogens with one attached hydrogen (secondary N) is 2. The van der Waals surface area contributed by atoms with Gasteiger partial charge < -0.3 is 16.4 Å². The molecule has 1 aromatic carbocycles. The smallest absolute Gasteiger partial charge is 0.206 e. The fourth-order valence-electron chi connectivity index (χ4n) is 1.98. The standard InChI is InChI=1S/C15H19BrN4O2S/c1-18-7-2-8-19-15-10-13(9-14(16)20-15)23(21,22)12-5-3-11(17)4-6-12/h3-6,9-10,18H,2,7-8,17H2,1H3,(H,19,20). The van der Waals surface area contributed by atoms with E-state index in [1.165, 1.54) is 24.3 Å². The maximum absolute atomic E-state index is 12.7. The first-order chi connectivity index (χ1) is 10.9. The molecule has 124 valence electrons. The highest BCUT2D eigenvalue weighted by Gasteiger charge is 2.19. The van der Waals surface area contributed by atoms with Crippen molar-refractivity contribution in [2.24, 2.45) is 0 Å². The minimum Gasteiger partial charge on any atom is -0.399 e. The van der Waals surface area contributed by atoms with Gasteiger partial charge in [0.2, 0.25) is 9.84 Å². The zero-order valence-electron chi connectivity index (χ0n) is 12.7. The van der Waals surface area contributed by atoms with Gasteiger partial charge in [0.05, 0.1) is 9.79 Å². The highest BCUT2D eigenvalue weighted by Crippen LogP contribution is 2.25. The summed E-state index contributed by atoms with van der Waals surface area (Å²) >= 11 is 3.26. The topological polar surface area (TPSA) is 97.1 Å². The van der Waals surface area contributed by atoms with Crippen molar-refractivity contribution >= 4 is 37.3 Å². The predicted octanol–water partition coefficient (Wildman–Crippen LogP) is 2.28. The molecule has 0 aliphatic heterocycles. The number of anilines is 2. The number of nitrogens with zero attached hydrogens (tertiary/aromatic N) is 1. The fourth-order valence-corrected chi connectivity index (χ4v) is 3.87. The van der Waals surface area contributed by atoms with Gasteiger partial charge in [0.1, 0.15) is 10.4 Å². The maximum Gasteiger partial charge on any atom is 0.206 e. The third-order valence-corrected chi connectivity index (χ3v) is 5.33. The molecule has 0 unspecified atom stereocenters. The fraction of sp³-hybridized carbons (Fsp3) is 0.267. The van der Waals surface area contributed by atoms with Gasteiger partial charge in [0.15, 0.2) is 0 Å². The van der Waals surface area contributed by atoms with Crippen molar-refractivity contribution in [3.63, 3.8) is 0 Å². The Balaban J connectivity index is 2.27. The van der Waals surface area contributed by atoms with Gasteiger partial charge in [-0.25, -0.2) is 13.4 Å². The number of halogens is 1. The Morgan fingerprint density at radius 1 is 1.13 bits per heavy atom. The molecule has 8 heteroatoms. The summed E-state index contributed by atoms with van der Waals surface area (Å²) in [5, 5.41) is 6.18. The van der Waals surface area contributed by atoms with Crippen LogP contribution in [0.5, 0.6) is 0 Å². The van der Waals surface area contributed by atoms with Crippen molar-refractivity contribution in [1.82, 2.24) is 10.3 Å². The van der Waals surface area contributed by atoms with Gasteiger partial charge in [-0.05, 0) is 72.3 Å². The molecule has 6 nitrogen and oxygen atoms in total. The number of sulfone groups is 1. The van der Waals surface area contributed by atoms with Crippen molar-refractivity contribution in [2.45, 2.75) is 16.2 Å². The molecular weight excluding hydrogens is 380 g/mol. The van der Waals surface area contributed by atoms with E-state index in [1.807, 2.05) is 7.05 Å². The van der Waals surface area contributed by atoms with Crippen LogP contribution in [0.2, 0.25) is 0 Å². The van der Waals surface area contributed by atoms with E-state index >= 15 is 0 Å². The van der Waals surface area contributed by atoms with E-state index in [-0.39, 0.29) is 9.79 Å². The monoisotopic (exact) mass is 398 g/mol. The Kier molecular flexibility index (Phi) is 5.97. The van der Waals surface area contributed by atoms with Crippen LogP contribution >= 0.6 is 15.9 Å². The van der Waals surface area contributed by atoms with E-state index in [0.717, 1.165) is 13.0 Å². The van der Waals surface area contributed by atoms with Gasteiger partial charge in [-0.15, -0.1) is 0 Å². The van der Waals surface area contributed by atoms with Gasteiger partial charge in [0, 0.05) is 12.2 Å². The summed E-state index contributed by atoms with van der Waals surface area (Å²) in [5.41, 5.74) is 6.13. The van der Waals surface area contributed by atoms with Crippen molar-refractivity contribution in [2.75, 3.05) is 31.2 Å². The van der Waals surface area contributed by atoms with Gasteiger partial charge in [-0.2, -0.15) is 0 Å². The average Bonchev–Trinajstić information content (AvgIpc) is 2.51. The summed E-state index contributed by atoms with van der Waals surface area (Å²) in [6, 6.07) is 9.17. The molecule has 0 bridgehead atoms. The summed E-state index contributed by atoms with van der Waals surface area (Å²) in [7, 11) is -1.73. The average molecular weight is 399 g/mol. The third kappa shape index (κ3) is 4.66. The molecule has 0 atom stereocenters. The predicted molar refractivity (Wildman–Crippen MR) is 95.3 cm³/mol. The van der Waals surface area contributed by atoms with Crippen LogP contribution < -0.4 is 16.4 Å². The first-order valence-corrected chi connectivity index (χ1v) is 9.38. The summed E-state index contributed by atoms with van der Waals surface area (Å²) in [5.74, 6) is 0.518. The highest BCUT2D eigenvalue weighted by molar-refractivity contribution is 9.10. The van der Waals surface area contributed by atoms with Crippen LogP contribution in [0.3, 0.4) is 0 Å². The minimum atomic E-state index is -3.61. The third-order valence-electron chi connectivity index (χ3n) is 3.18. The Labute approximate surface area is 144 Å². The first kappa shape index (κ1) is 17.7. The molecule has 1 aromatic heterocycles. The van der Waals surface area contributed by atoms with E-state index in [1.54, 1.807) is 12.1 Å². The quantitative estimate of drug-likeness (QED) is 0.376. The van der Waals surface area contributed by atoms with Crippen LogP contribution in [0.15, 0.2) is 50.8 Å². The van der Waals surface area contributed by atoms with Crippen LogP contribution in [-0.4, -0.2) is 33.5 Å². The molecule has 1 heterocycles. The molecule has 0 aliphatic rings. The number of benzene rings is 1. The number of nitrogen functional groups attached to an aromatic ring is 1. The van der Waals surface area contributed by atoms with Gasteiger partial charge in [0.25, 0.3) is 0 Å². The van der Waals surface area contributed by atoms with Crippen molar-refractivity contribution in [3.8, 4) is 0 Å². The lowest BCUT2D eigenvalue weighted by molar-refractivity contribution is 0.596. The van der Waals surface area contributed by atoms with Crippen LogP contribution in [0.25, 0.3) is 0 Å². The van der Waals surface area contributed by atoms with E-state index in [0.29, 0.717) is 22.7 Å². The van der Waals surface area contributed by atoms with Gasteiger partial charge in [-0.3, -0.25) is 0 Å². The van der Waals surface area contributed by atoms with Crippen LogP contribution in [-0.2, 0) is 9.84 Å². The molecule has 0 spiro atoms. The SMILES string of the molecule is CNCCCNc1cc(S(=O)(=O)c2ccc(N)cc2)cc(Br)n1. The first-order valence-electron chi connectivity index (χ1n) is 7.10. The number of hydrogen-bond donors (Lipinski definition) is 3. The lowest BCUT2D eigenvalue weighted by atomic mass is 10.3. The van der Waals surface area contributed by atoms with E-state index in [4.69, 9.17) is 5.73 Å². The molecular formula is C15H19BrN4O2S. The molecule has 0 amide bonds. The minimum absolute atomic E-state index is 0.181. The lowest BCUT2D eigenvalue weighted by Gasteiger charge is -2.10. The molecule has 0 saturated heterocycles. The summed E-state index contributed by atoms with van der Waals surface area (Å²) in [4.78, 5) is 4.63. The number of aromatic nitrogens is 1. The second-order valence-electron chi connectivity index (χ2n) is 4.97. The van der Waals surface area contributed by atoms with Crippen LogP contribution in [0.4, 0.5) is 11.5 Å². The highest BCUT2D eigenvalue weighted by atomic mass is 79.9. The molecule has 2 aromatic rings. The Morgan fingerprint density at radius 2 is 1.83 bits per heavy atom. The zero-order valence-corrected chi connectivity index (χ0v) is 15.1. The van der Waals surface area contributed by atoms with Crippen LogP contribution in [0, 0.1) is 0 Å². The zero-order chi connectivity index (χ0) is 16.9. The van der Waals surface area contributed by atoms with Crippen molar-refractivity contribution < 1.29 is 8.42 Å². The van der Waals surface area contributed by atoms with Gasteiger partial charge in [-0.1, -0.05) is 0 Å². The van der Waals surface area contributed by atoms with Gasteiger partial charge >= 0.3 is 0 Å². The molecule has 0 radical (unpaired) electrons. The molecule has 2 rings (SSSR count). The van der Waals surface area contributed by atoms with E-state index in [9.17, 15) is 8.42 Å². The Morgan fingerprint density at radius 3 is 2.48 bits per heavy atom. The number of hydrogen-bond acceptors (Lipinski definition) is 6. The second kappa shape index (κ2) is 7.76. The van der Waals surface area contributed by atoms with Crippen molar-refractivity contribution in [1.29, 1.82) is 0 Å². The number of rotatable bonds is 7. The summed E-state index contributed by atoms with van der Waals surface area (Å²) < 4.78 is 25.9. The Hall–Kier alpha value is -1.64.